The van der Waals surface area contributed by atoms with Crippen LogP contribution in [0.1, 0.15) is 39.0 Å². The standard InChI is InChI=1S/C15H26N4O/c1-13(16-10-12-19-11-6-9-17-19)15(20)18(2)14-7-4-3-5-8-14/h6,9,11,13-14,16H,3-5,7-8,10,12H2,1-2H3. The van der Waals surface area contributed by atoms with Crippen LogP contribution in [0.25, 0.3) is 0 Å². The minimum Gasteiger partial charge on any atom is -0.341 e. The van der Waals surface area contributed by atoms with Gasteiger partial charge in [-0.05, 0) is 25.8 Å². The summed E-state index contributed by atoms with van der Waals surface area (Å²) >= 11 is 0. The molecule has 5 heteroatoms. The molecule has 1 fully saturated rings. The number of nitrogens with one attached hydrogen (secondary N) is 1. The maximum absolute atomic E-state index is 12.4. The highest BCUT2D eigenvalue weighted by molar-refractivity contribution is 5.81. The molecule has 1 saturated carbocycles. The first-order valence-corrected chi connectivity index (χ1v) is 7.66. The Morgan fingerprint density at radius 1 is 1.45 bits per heavy atom. The molecule has 0 aliphatic heterocycles. The molecule has 1 aromatic heterocycles. The second kappa shape index (κ2) is 7.43. The first-order chi connectivity index (χ1) is 9.68. The summed E-state index contributed by atoms with van der Waals surface area (Å²) in [5.41, 5.74) is 0. The third-order valence-electron chi connectivity index (χ3n) is 4.19. The van der Waals surface area contributed by atoms with E-state index in [-0.39, 0.29) is 11.9 Å². The van der Waals surface area contributed by atoms with E-state index in [2.05, 4.69) is 10.4 Å². The number of hydrogen-bond donors (Lipinski definition) is 1. The lowest BCUT2D eigenvalue weighted by atomic mass is 9.94. The van der Waals surface area contributed by atoms with E-state index < -0.39 is 0 Å². The van der Waals surface area contributed by atoms with E-state index in [0.717, 1.165) is 25.9 Å². The van der Waals surface area contributed by atoms with Gasteiger partial charge in [0.1, 0.15) is 0 Å². The molecule has 112 valence electrons. The maximum Gasteiger partial charge on any atom is 0.239 e. The van der Waals surface area contributed by atoms with Gasteiger partial charge in [0.15, 0.2) is 0 Å². The largest absolute Gasteiger partial charge is 0.341 e. The number of hydrogen-bond acceptors (Lipinski definition) is 3. The van der Waals surface area contributed by atoms with Crippen LogP contribution in [-0.4, -0.2) is 46.3 Å². The van der Waals surface area contributed by atoms with Crippen molar-refractivity contribution in [2.45, 2.75) is 57.7 Å². The molecule has 1 atom stereocenters. The van der Waals surface area contributed by atoms with Crippen LogP contribution in [0.15, 0.2) is 18.5 Å². The third kappa shape index (κ3) is 4.07. The van der Waals surface area contributed by atoms with Crippen molar-refractivity contribution in [1.82, 2.24) is 20.0 Å². The normalized spacial score (nSPS) is 17.9. The van der Waals surface area contributed by atoms with E-state index in [1.54, 1.807) is 6.20 Å². The van der Waals surface area contributed by atoms with Crippen molar-refractivity contribution in [3.8, 4) is 0 Å². The summed E-state index contributed by atoms with van der Waals surface area (Å²) in [7, 11) is 1.95. The minimum atomic E-state index is -0.127. The summed E-state index contributed by atoms with van der Waals surface area (Å²) in [5.74, 6) is 0.206. The third-order valence-corrected chi connectivity index (χ3v) is 4.19. The van der Waals surface area contributed by atoms with Gasteiger partial charge in [-0.2, -0.15) is 5.10 Å². The molecule has 2 rings (SSSR count). The molecule has 0 bridgehead atoms. The molecule has 20 heavy (non-hydrogen) atoms. The lowest BCUT2D eigenvalue weighted by Crippen LogP contribution is -2.48. The molecule has 1 aliphatic carbocycles. The van der Waals surface area contributed by atoms with Crippen LogP contribution in [0.5, 0.6) is 0 Å². The fourth-order valence-electron chi connectivity index (χ4n) is 2.87. The maximum atomic E-state index is 12.4. The van der Waals surface area contributed by atoms with Gasteiger partial charge in [0.05, 0.1) is 12.6 Å². The smallest absolute Gasteiger partial charge is 0.239 e. The first-order valence-electron chi connectivity index (χ1n) is 7.66. The van der Waals surface area contributed by atoms with Gasteiger partial charge in [-0.15, -0.1) is 0 Å². The minimum absolute atomic E-state index is 0.127. The highest BCUT2D eigenvalue weighted by atomic mass is 16.2. The van der Waals surface area contributed by atoms with Crippen LogP contribution >= 0.6 is 0 Å². The Kier molecular flexibility index (Phi) is 5.59. The molecule has 1 aliphatic rings. The lowest BCUT2D eigenvalue weighted by Gasteiger charge is -2.33. The van der Waals surface area contributed by atoms with Gasteiger partial charge in [-0.1, -0.05) is 19.3 Å². The van der Waals surface area contributed by atoms with Gasteiger partial charge in [0.25, 0.3) is 0 Å². The summed E-state index contributed by atoms with van der Waals surface area (Å²) in [6.45, 7) is 3.50. The molecule has 1 N–H and O–H groups in total. The Labute approximate surface area is 121 Å². The average Bonchev–Trinajstić information content (AvgIpc) is 2.99. The zero-order valence-electron chi connectivity index (χ0n) is 12.6. The molecule has 0 radical (unpaired) electrons. The second-order valence-electron chi connectivity index (χ2n) is 5.69. The number of carbonyl (C=O) groups excluding carboxylic acids is 1. The molecular formula is C15H26N4O. The predicted octanol–water partition coefficient (Wildman–Crippen LogP) is 1.65. The van der Waals surface area contributed by atoms with Crippen LogP contribution in [0.3, 0.4) is 0 Å². The molecule has 0 saturated heterocycles. The van der Waals surface area contributed by atoms with Gasteiger partial charge >= 0.3 is 0 Å². The summed E-state index contributed by atoms with van der Waals surface area (Å²) in [5, 5.41) is 7.44. The van der Waals surface area contributed by atoms with Crippen molar-refractivity contribution in [3.63, 3.8) is 0 Å². The van der Waals surface area contributed by atoms with E-state index in [1.807, 2.05) is 35.8 Å². The summed E-state index contributed by atoms with van der Waals surface area (Å²) in [4.78, 5) is 14.3. The zero-order valence-corrected chi connectivity index (χ0v) is 12.6. The van der Waals surface area contributed by atoms with Crippen LogP contribution in [0.4, 0.5) is 0 Å². The van der Waals surface area contributed by atoms with Gasteiger partial charge in [-0.25, -0.2) is 0 Å². The van der Waals surface area contributed by atoms with Crippen molar-refractivity contribution in [1.29, 1.82) is 0 Å². The van der Waals surface area contributed by atoms with E-state index in [4.69, 9.17) is 0 Å². The van der Waals surface area contributed by atoms with Crippen LogP contribution in [-0.2, 0) is 11.3 Å². The summed E-state index contributed by atoms with van der Waals surface area (Å²) in [6.07, 6.45) is 9.83. The summed E-state index contributed by atoms with van der Waals surface area (Å²) < 4.78 is 1.87. The van der Waals surface area contributed by atoms with Gasteiger partial charge < -0.3 is 10.2 Å². The molecule has 1 unspecified atom stereocenters. The van der Waals surface area contributed by atoms with Gasteiger partial charge in [0, 0.05) is 32.0 Å². The first kappa shape index (κ1) is 15.0. The van der Waals surface area contributed by atoms with Crippen molar-refractivity contribution < 1.29 is 4.79 Å². The van der Waals surface area contributed by atoms with Crippen molar-refractivity contribution >= 4 is 5.91 Å². The van der Waals surface area contributed by atoms with Crippen molar-refractivity contribution in [2.24, 2.45) is 0 Å². The Morgan fingerprint density at radius 2 is 2.20 bits per heavy atom. The topological polar surface area (TPSA) is 50.2 Å². The van der Waals surface area contributed by atoms with E-state index in [0.29, 0.717) is 6.04 Å². The number of aromatic nitrogens is 2. The molecule has 1 aromatic rings. The molecule has 0 aromatic carbocycles. The van der Waals surface area contributed by atoms with E-state index in [1.165, 1.54) is 19.3 Å². The second-order valence-corrected chi connectivity index (χ2v) is 5.69. The van der Waals surface area contributed by atoms with Crippen LogP contribution in [0.2, 0.25) is 0 Å². The molecule has 1 amide bonds. The fourth-order valence-corrected chi connectivity index (χ4v) is 2.87. The summed E-state index contributed by atoms with van der Waals surface area (Å²) in [6, 6.07) is 2.22. The van der Waals surface area contributed by atoms with Crippen molar-refractivity contribution in [2.75, 3.05) is 13.6 Å². The Morgan fingerprint density at radius 3 is 2.85 bits per heavy atom. The zero-order chi connectivity index (χ0) is 14.4. The highest BCUT2D eigenvalue weighted by Crippen LogP contribution is 2.21. The van der Waals surface area contributed by atoms with Crippen molar-refractivity contribution in [3.05, 3.63) is 18.5 Å². The average molecular weight is 278 g/mol. The van der Waals surface area contributed by atoms with E-state index >= 15 is 0 Å². The fraction of sp³-hybridized carbons (Fsp3) is 0.733. The lowest BCUT2D eigenvalue weighted by molar-refractivity contribution is -0.134. The quantitative estimate of drug-likeness (QED) is 0.861. The number of likely N-dealkylation sites (N-methyl/N-ethyl adjacent to an activating group) is 1. The molecule has 0 spiro atoms. The monoisotopic (exact) mass is 278 g/mol. The number of nitrogens with zero attached hydrogens (tertiary/aromatic N) is 3. The van der Waals surface area contributed by atoms with Crippen LogP contribution < -0.4 is 5.32 Å². The SMILES string of the molecule is CC(NCCn1cccn1)C(=O)N(C)C1CCCCC1. The molecule has 1 heterocycles. The van der Waals surface area contributed by atoms with Gasteiger partial charge in [0.2, 0.25) is 5.91 Å². The van der Waals surface area contributed by atoms with Crippen LogP contribution in [0, 0.1) is 0 Å². The van der Waals surface area contributed by atoms with E-state index in [9.17, 15) is 4.79 Å². The molecular weight excluding hydrogens is 252 g/mol. The Hall–Kier alpha value is -1.36. The van der Waals surface area contributed by atoms with Gasteiger partial charge in [-0.3, -0.25) is 9.48 Å². The highest BCUT2D eigenvalue weighted by Gasteiger charge is 2.25. The molecule has 5 nitrogen and oxygen atoms in total. The number of rotatable bonds is 6. The Balaban J connectivity index is 1.72. The Bertz CT molecular complexity index is 398. The number of amides is 1. The number of carbonyl (C=O) groups is 1. The predicted molar refractivity (Wildman–Crippen MR) is 79.3 cm³/mol.